The Hall–Kier alpha value is -0.570. The lowest BCUT2D eigenvalue weighted by atomic mass is 10.0. The number of carbonyl (C=O) groups excluding carboxylic acids is 1. The molecule has 0 heterocycles. The highest BCUT2D eigenvalue weighted by Crippen LogP contribution is 2.57. The quantitative estimate of drug-likeness (QED) is 0.733. The largest absolute Gasteiger partial charge is 0.394 e. The van der Waals surface area contributed by atoms with Crippen LogP contribution in [-0.4, -0.2) is 23.7 Å². The predicted molar refractivity (Wildman–Crippen MR) is 58.2 cm³/mol. The fourth-order valence-electron chi connectivity index (χ4n) is 2.91. The van der Waals surface area contributed by atoms with Gasteiger partial charge in [-0.1, -0.05) is 20.3 Å². The summed E-state index contributed by atoms with van der Waals surface area (Å²) in [5, 5.41) is 12.1. The number of carbonyl (C=O) groups is 1. The first-order chi connectivity index (χ1) is 7.15. The molecule has 3 atom stereocenters. The first-order valence-corrected chi connectivity index (χ1v) is 6.06. The van der Waals surface area contributed by atoms with Crippen LogP contribution in [0.4, 0.5) is 0 Å². The van der Waals surface area contributed by atoms with Crippen LogP contribution in [0.5, 0.6) is 0 Å². The molecule has 0 spiro atoms. The number of hydrogen-bond acceptors (Lipinski definition) is 2. The maximum absolute atomic E-state index is 11.9. The molecule has 15 heavy (non-hydrogen) atoms. The lowest BCUT2D eigenvalue weighted by Crippen LogP contribution is -2.42. The van der Waals surface area contributed by atoms with Gasteiger partial charge in [-0.05, 0) is 30.6 Å². The van der Waals surface area contributed by atoms with Crippen molar-refractivity contribution in [2.24, 2.45) is 23.7 Å². The number of nitrogens with one attached hydrogen (secondary N) is 1. The van der Waals surface area contributed by atoms with E-state index in [0.717, 1.165) is 0 Å². The van der Waals surface area contributed by atoms with Gasteiger partial charge in [0.15, 0.2) is 0 Å². The SMILES string of the molecule is CC(C)[C@@H](CO)NC(=O)C1C2CCCC21. The van der Waals surface area contributed by atoms with Gasteiger partial charge in [-0.15, -0.1) is 0 Å². The van der Waals surface area contributed by atoms with Crippen molar-refractivity contribution in [1.82, 2.24) is 5.32 Å². The van der Waals surface area contributed by atoms with Crippen molar-refractivity contribution in [2.75, 3.05) is 6.61 Å². The smallest absolute Gasteiger partial charge is 0.223 e. The highest BCUT2D eigenvalue weighted by atomic mass is 16.3. The Labute approximate surface area is 91.2 Å². The average Bonchev–Trinajstić information content (AvgIpc) is 2.68. The Morgan fingerprint density at radius 3 is 2.47 bits per heavy atom. The second kappa shape index (κ2) is 4.12. The molecule has 0 aromatic carbocycles. The second-order valence-corrected chi connectivity index (χ2v) is 5.33. The van der Waals surface area contributed by atoms with Gasteiger partial charge in [0.1, 0.15) is 0 Å². The molecule has 0 aliphatic heterocycles. The van der Waals surface area contributed by atoms with Crippen molar-refractivity contribution in [3.8, 4) is 0 Å². The fraction of sp³-hybridized carbons (Fsp3) is 0.917. The minimum Gasteiger partial charge on any atom is -0.394 e. The summed E-state index contributed by atoms with van der Waals surface area (Å²) in [5.74, 6) is 2.08. The second-order valence-electron chi connectivity index (χ2n) is 5.33. The van der Waals surface area contributed by atoms with Crippen molar-refractivity contribution in [3.05, 3.63) is 0 Å². The van der Waals surface area contributed by atoms with Gasteiger partial charge >= 0.3 is 0 Å². The number of aliphatic hydroxyl groups is 1. The first-order valence-electron chi connectivity index (χ1n) is 6.06. The van der Waals surface area contributed by atoms with E-state index in [9.17, 15) is 4.79 Å². The Morgan fingerprint density at radius 2 is 2.00 bits per heavy atom. The number of fused-ring (bicyclic) bond motifs is 1. The Kier molecular flexibility index (Phi) is 3.01. The summed E-state index contributed by atoms with van der Waals surface area (Å²) in [5.41, 5.74) is 0. The van der Waals surface area contributed by atoms with Crippen molar-refractivity contribution in [2.45, 2.75) is 39.2 Å². The molecule has 2 unspecified atom stereocenters. The molecule has 2 aliphatic rings. The third-order valence-electron chi connectivity index (χ3n) is 4.04. The van der Waals surface area contributed by atoms with E-state index in [2.05, 4.69) is 5.32 Å². The van der Waals surface area contributed by atoms with E-state index in [1.54, 1.807) is 0 Å². The summed E-state index contributed by atoms with van der Waals surface area (Å²) in [7, 11) is 0. The third-order valence-corrected chi connectivity index (χ3v) is 4.04. The normalized spacial score (nSPS) is 35.1. The first kappa shape index (κ1) is 10.9. The summed E-state index contributed by atoms with van der Waals surface area (Å²) in [4.78, 5) is 11.9. The molecule has 3 nitrogen and oxygen atoms in total. The van der Waals surface area contributed by atoms with Crippen LogP contribution >= 0.6 is 0 Å². The van der Waals surface area contributed by atoms with E-state index >= 15 is 0 Å². The van der Waals surface area contributed by atoms with Gasteiger partial charge in [0, 0.05) is 5.92 Å². The summed E-state index contributed by atoms with van der Waals surface area (Å²) in [6.07, 6.45) is 3.76. The lowest BCUT2D eigenvalue weighted by Gasteiger charge is -2.20. The maximum Gasteiger partial charge on any atom is 0.223 e. The zero-order valence-corrected chi connectivity index (χ0v) is 9.57. The molecule has 0 radical (unpaired) electrons. The predicted octanol–water partition coefficient (Wildman–Crippen LogP) is 1.17. The minimum absolute atomic E-state index is 0.0471. The molecule has 1 amide bonds. The zero-order valence-electron chi connectivity index (χ0n) is 9.57. The zero-order chi connectivity index (χ0) is 11.0. The molecule has 0 saturated heterocycles. The van der Waals surface area contributed by atoms with Gasteiger partial charge in [-0.3, -0.25) is 4.79 Å². The Bertz CT molecular complexity index is 242. The molecule has 3 heteroatoms. The van der Waals surface area contributed by atoms with Gasteiger partial charge in [-0.2, -0.15) is 0 Å². The average molecular weight is 211 g/mol. The number of rotatable bonds is 4. The fourth-order valence-corrected chi connectivity index (χ4v) is 2.91. The summed E-state index contributed by atoms with van der Waals surface area (Å²) in [6.45, 7) is 4.09. The highest BCUT2D eigenvalue weighted by molar-refractivity contribution is 5.82. The third kappa shape index (κ3) is 2.03. The van der Waals surface area contributed by atoms with E-state index < -0.39 is 0 Å². The topological polar surface area (TPSA) is 49.3 Å². The molecule has 2 N–H and O–H groups in total. The van der Waals surface area contributed by atoms with Crippen LogP contribution in [0.2, 0.25) is 0 Å². The van der Waals surface area contributed by atoms with Crippen LogP contribution in [0.25, 0.3) is 0 Å². The molecule has 0 bridgehead atoms. The number of hydrogen-bond donors (Lipinski definition) is 2. The Balaban J connectivity index is 1.82. The lowest BCUT2D eigenvalue weighted by molar-refractivity contribution is -0.124. The van der Waals surface area contributed by atoms with Crippen molar-refractivity contribution < 1.29 is 9.90 Å². The molecule has 2 fully saturated rings. The van der Waals surface area contributed by atoms with Crippen molar-refractivity contribution >= 4 is 5.91 Å². The molecule has 2 aliphatic carbocycles. The minimum atomic E-state index is -0.0705. The van der Waals surface area contributed by atoms with Gasteiger partial charge < -0.3 is 10.4 Å². The number of amides is 1. The van der Waals surface area contributed by atoms with E-state index in [1.165, 1.54) is 19.3 Å². The van der Waals surface area contributed by atoms with Crippen LogP contribution in [-0.2, 0) is 4.79 Å². The van der Waals surface area contributed by atoms with E-state index in [-0.39, 0.29) is 24.5 Å². The highest BCUT2D eigenvalue weighted by Gasteiger charge is 2.56. The van der Waals surface area contributed by atoms with Crippen LogP contribution < -0.4 is 5.32 Å². The van der Waals surface area contributed by atoms with Gasteiger partial charge in [-0.25, -0.2) is 0 Å². The molecule has 2 saturated carbocycles. The number of aliphatic hydroxyl groups excluding tert-OH is 1. The molecule has 2 rings (SSSR count). The maximum atomic E-state index is 11.9. The van der Waals surface area contributed by atoms with Crippen LogP contribution in [0, 0.1) is 23.7 Å². The van der Waals surface area contributed by atoms with Crippen LogP contribution in [0.1, 0.15) is 33.1 Å². The van der Waals surface area contributed by atoms with Crippen LogP contribution in [0.15, 0.2) is 0 Å². The molecular formula is C12H21NO2. The van der Waals surface area contributed by atoms with Gasteiger partial charge in [0.2, 0.25) is 5.91 Å². The molecule has 0 aromatic heterocycles. The van der Waals surface area contributed by atoms with E-state index in [0.29, 0.717) is 17.8 Å². The standard InChI is InChI=1S/C12H21NO2/c1-7(2)10(6-14)13-12(15)11-8-4-3-5-9(8)11/h7-11,14H,3-6H2,1-2H3,(H,13,15)/t8?,9?,10-,11?/m1/s1. The molecular weight excluding hydrogens is 190 g/mol. The summed E-state index contributed by atoms with van der Waals surface area (Å²) >= 11 is 0. The van der Waals surface area contributed by atoms with Crippen molar-refractivity contribution in [1.29, 1.82) is 0 Å². The summed E-state index contributed by atoms with van der Waals surface area (Å²) in [6, 6.07) is -0.0705. The van der Waals surface area contributed by atoms with Gasteiger partial charge in [0.25, 0.3) is 0 Å². The van der Waals surface area contributed by atoms with Crippen molar-refractivity contribution in [3.63, 3.8) is 0 Å². The van der Waals surface area contributed by atoms with Gasteiger partial charge in [0.05, 0.1) is 12.6 Å². The molecule has 86 valence electrons. The molecule has 0 aromatic rings. The Morgan fingerprint density at radius 1 is 1.40 bits per heavy atom. The monoisotopic (exact) mass is 211 g/mol. The van der Waals surface area contributed by atoms with Crippen LogP contribution in [0.3, 0.4) is 0 Å². The van der Waals surface area contributed by atoms with E-state index in [4.69, 9.17) is 5.11 Å². The summed E-state index contributed by atoms with van der Waals surface area (Å²) < 4.78 is 0. The van der Waals surface area contributed by atoms with E-state index in [1.807, 2.05) is 13.8 Å².